The van der Waals surface area contributed by atoms with Crippen molar-refractivity contribution < 1.29 is 13.5 Å². The monoisotopic (exact) mass is 657 g/mol. The lowest BCUT2D eigenvalue weighted by atomic mass is 9.98. The second-order valence-corrected chi connectivity index (χ2v) is 12.0. The molecule has 6 nitrogen and oxygen atoms in total. The number of rotatable bonds is 4. The highest BCUT2D eigenvalue weighted by Crippen LogP contribution is 2.40. The Morgan fingerprint density at radius 2 is 1.26 bits per heavy atom. The average molecular weight is 658 g/mol. The van der Waals surface area contributed by atoms with E-state index in [0.29, 0.717) is 55.9 Å². The summed E-state index contributed by atoms with van der Waals surface area (Å²) in [5.74, 6) is -1.98. The van der Waals surface area contributed by atoms with Crippen LogP contribution in [0.4, 0.5) is 8.78 Å². The van der Waals surface area contributed by atoms with E-state index in [1.54, 1.807) is 48.5 Å². The van der Waals surface area contributed by atoms with Gasteiger partial charge in [0.25, 0.3) is 5.92 Å². The average Bonchev–Trinajstić information content (AvgIpc) is 3.40. The molecule has 0 aromatic heterocycles. The van der Waals surface area contributed by atoms with Gasteiger partial charge in [0.05, 0.1) is 0 Å². The minimum absolute atomic E-state index is 0.0492. The van der Waals surface area contributed by atoms with Crippen molar-refractivity contribution in [3.8, 4) is 0 Å². The van der Waals surface area contributed by atoms with Crippen LogP contribution in [0.5, 0.6) is 0 Å². The highest BCUT2D eigenvalue weighted by atomic mass is 19.3. The second-order valence-electron chi connectivity index (χ2n) is 12.0. The van der Waals surface area contributed by atoms with Crippen LogP contribution in [0.25, 0.3) is 11.4 Å². The van der Waals surface area contributed by atoms with Crippen LogP contribution in [-0.4, -0.2) is 23.5 Å². The zero-order valence-corrected chi connectivity index (χ0v) is 26.6. The summed E-state index contributed by atoms with van der Waals surface area (Å²) < 4.78 is 38.2. The predicted octanol–water partition coefficient (Wildman–Crippen LogP) is 7.05. The first-order valence-electron chi connectivity index (χ1n) is 16.1. The van der Waals surface area contributed by atoms with Gasteiger partial charge in [0.2, 0.25) is 11.8 Å². The molecule has 1 aliphatic heterocycles. The molecule has 3 N–H and O–H groups in total. The molecule has 8 heteroatoms. The molecule has 8 rings (SSSR count). The first kappa shape index (κ1) is 30.8. The van der Waals surface area contributed by atoms with E-state index in [4.69, 9.17) is 25.5 Å². The largest absolute Gasteiger partial charge is 0.421 e. The fraction of sp³-hybridized carbons (Fsp3) is 0.0476. The lowest BCUT2D eigenvalue weighted by molar-refractivity contribution is 0.0452. The summed E-state index contributed by atoms with van der Waals surface area (Å²) >= 11 is 0. The number of hydrogen-bond acceptors (Lipinski definition) is 6. The molecule has 0 spiro atoms. The highest BCUT2D eigenvalue weighted by Gasteiger charge is 2.40. The van der Waals surface area contributed by atoms with Gasteiger partial charge in [0, 0.05) is 38.6 Å². The molecule has 0 saturated carbocycles. The summed E-state index contributed by atoms with van der Waals surface area (Å²) in [4.78, 5) is 9.55. The van der Waals surface area contributed by atoms with Crippen molar-refractivity contribution >= 4 is 34.9 Å². The van der Waals surface area contributed by atoms with Crippen LogP contribution in [0.1, 0.15) is 34.2 Å². The van der Waals surface area contributed by atoms with Gasteiger partial charge in [-0.1, -0.05) is 115 Å². The third-order valence-electron chi connectivity index (χ3n) is 8.91. The summed E-state index contributed by atoms with van der Waals surface area (Å²) in [7, 11) is 0. The molecule has 0 fully saturated rings. The number of fused-ring (bicyclic) bond motifs is 2. The first-order valence-corrected chi connectivity index (χ1v) is 16.1. The van der Waals surface area contributed by atoms with E-state index >= 15 is 8.78 Å². The molecular weight excluding hydrogens is 628 g/mol. The Morgan fingerprint density at radius 3 is 1.90 bits per heavy atom. The van der Waals surface area contributed by atoms with Crippen molar-refractivity contribution in [3.05, 3.63) is 200 Å². The summed E-state index contributed by atoms with van der Waals surface area (Å²) in [6, 6.07) is 38.4. The number of nitrogens with one attached hydrogen (secondary N) is 3. The van der Waals surface area contributed by atoms with Crippen molar-refractivity contribution in [2.45, 2.75) is 12.3 Å². The van der Waals surface area contributed by atoms with E-state index in [9.17, 15) is 0 Å². The molecule has 0 amide bonds. The van der Waals surface area contributed by atoms with Crippen LogP contribution in [0.15, 0.2) is 161 Å². The summed E-state index contributed by atoms with van der Waals surface area (Å²) in [5, 5.41) is 22.0. The Kier molecular flexibility index (Phi) is 7.68. The maximum absolute atomic E-state index is 16.3. The van der Waals surface area contributed by atoms with Gasteiger partial charge in [-0.25, -0.2) is 9.98 Å². The quantitative estimate of drug-likeness (QED) is 0.143. The fourth-order valence-corrected chi connectivity index (χ4v) is 6.30. The summed E-state index contributed by atoms with van der Waals surface area (Å²) in [6.45, 7) is 0. The van der Waals surface area contributed by atoms with Crippen molar-refractivity contribution in [2.24, 2.45) is 9.98 Å². The maximum Gasteiger partial charge on any atom is 0.299 e. The van der Waals surface area contributed by atoms with Crippen molar-refractivity contribution in [3.63, 3.8) is 0 Å². The molecule has 0 atom stereocenters. The number of alkyl halides is 2. The van der Waals surface area contributed by atoms with Crippen molar-refractivity contribution in [2.75, 3.05) is 0 Å². The van der Waals surface area contributed by atoms with Gasteiger partial charge < -0.3 is 10.1 Å². The molecule has 0 radical (unpaired) electrons. The molecule has 50 heavy (non-hydrogen) atoms. The number of ether oxygens (including phenoxy) is 1. The molecule has 0 saturated heterocycles. The topological polar surface area (TPSA) is 93.7 Å². The van der Waals surface area contributed by atoms with E-state index in [2.05, 4.69) is 5.32 Å². The Labute approximate surface area is 286 Å². The minimum atomic E-state index is -3.23. The second kappa shape index (κ2) is 12.5. The predicted molar refractivity (Wildman–Crippen MR) is 193 cm³/mol. The van der Waals surface area contributed by atoms with Gasteiger partial charge in [-0.3, -0.25) is 10.8 Å². The molecule has 0 unspecified atom stereocenters. The van der Waals surface area contributed by atoms with E-state index in [0.717, 1.165) is 16.7 Å². The standard InChI is InChI=1S/C42H29F2N5O/c43-42(44)35-24-31(26-16-18-28(19-17-26)38(46)50-37(45)27-10-4-1-5-11-27)20-22-33(35)34-23-21-32(25-36(34)42)41-48-39(29-12-6-2-7-13-29)47-40(49-41)30-14-8-3-9-15-30/h1-16,18-25,45-46H,17H2,(H,47,48,49). The van der Waals surface area contributed by atoms with Crippen LogP contribution in [0.2, 0.25) is 0 Å². The fourth-order valence-electron chi connectivity index (χ4n) is 6.30. The zero-order chi connectivity index (χ0) is 34.2. The zero-order valence-electron chi connectivity index (χ0n) is 26.6. The van der Waals surface area contributed by atoms with E-state index in [-0.39, 0.29) is 22.9 Å². The lowest BCUT2D eigenvalue weighted by Crippen LogP contribution is -2.32. The maximum atomic E-state index is 16.3. The Bertz CT molecular complexity index is 2560. The molecule has 5 aromatic rings. The lowest BCUT2D eigenvalue weighted by Gasteiger charge is -2.18. The van der Waals surface area contributed by atoms with Gasteiger partial charge in [-0.2, -0.15) is 8.78 Å². The smallest absolute Gasteiger partial charge is 0.299 e. The first-order chi connectivity index (χ1) is 24.3. The molecule has 3 aliphatic rings. The van der Waals surface area contributed by atoms with Crippen molar-refractivity contribution in [1.82, 2.24) is 5.32 Å². The summed E-state index contributed by atoms with van der Waals surface area (Å²) in [5.41, 5.74) is 3.48. The van der Waals surface area contributed by atoms with Crippen LogP contribution in [0.3, 0.4) is 0 Å². The Balaban J connectivity index is 1.13. The third kappa shape index (κ3) is 5.66. The molecular formula is C42H29F2N5O. The van der Waals surface area contributed by atoms with Crippen molar-refractivity contribution in [1.29, 1.82) is 10.8 Å². The number of hydrogen-bond donors (Lipinski definition) is 3. The number of halogens is 2. The minimum Gasteiger partial charge on any atom is -0.421 e. The number of nitrogens with zero attached hydrogens (tertiary/aromatic N) is 2. The third-order valence-corrected chi connectivity index (χ3v) is 8.91. The van der Waals surface area contributed by atoms with Gasteiger partial charge >= 0.3 is 0 Å². The van der Waals surface area contributed by atoms with E-state index in [1.807, 2.05) is 91.0 Å². The van der Waals surface area contributed by atoms with Gasteiger partial charge in [0.15, 0.2) is 5.84 Å². The summed E-state index contributed by atoms with van der Waals surface area (Å²) in [6.07, 6.45) is 5.78. The number of aliphatic imine (C=N–C) groups is 2. The molecule has 0 bridgehead atoms. The normalized spacial score (nSPS) is 17.8. The number of amidine groups is 2. The van der Waals surface area contributed by atoms with E-state index in [1.165, 1.54) is 6.07 Å². The van der Waals surface area contributed by atoms with Gasteiger partial charge in [0.1, 0.15) is 11.7 Å². The Hall–Kier alpha value is -6.54. The Morgan fingerprint density at radius 1 is 0.660 bits per heavy atom. The van der Waals surface area contributed by atoms with Crippen LogP contribution in [-0.2, 0) is 10.7 Å². The van der Waals surface area contributed by atoms with Crippen LogP contribution >= 0.6 is 0 Å². The van der Waals surface area contributed by atoms with Crippen LogP contribution < -0.4 is 15.8 Å². The van der Waals surface area contributed by atoms with Crippen LogP contribution in [0, 0.1) is 21.3 Å². The van der Waals surface area contributed by atoms with Gasteiger partial charge in [-0.15, -0.1) is 0 Å². The SMILES string of the molecule is N=C(OC(=N)c1ccccc1)C1=CCC(=c2ccc3c(c2)C(F)(F)c2cc(=C4N=C(c5ccccc5)N=C(c5ccccc5)N4)ccc2=3)C=C1. The van der Waals surface area contributed by atoms with E-state index < -0.39 is 5.92 Å². The number of benzene rings is 5. The molecule has 5 aromatic carbocycles. The molecule has 1 heterocycles. The number of allylic oxidation sites excluding steroid dienone is 2. The molecule has 242 valence electrons. The highest BCUT2D eigenvalue weighted by molar-refractivity contribution is 6.16. The molecule has 2 aliphatic carbocycles. The van der Waals surface area contributed by atoms with Gasteiger partial charge in [-0.05, 0) is 58.0 Å².